The molecule has 0 unspecified atom stereocenters. The van der Waals surface area contributed by atoms with Gasteiger partial charge in [-0.15, -0.1) is 0 Å². The zero-order valence-corrected chi connectivity index (χ0v) is 12.0. The predicted molar refractivity (Wildman–Crippen MR) is 70.2 cm³/mol. The van der Waals surface area contributed by atoms with Crippen molar-refractivity contribution in [3.05, 3.63) is 22.3 Å². The largest absolute Gasteiger partial charge is 0.389 e. The van der Waals surface area contributed by atoms with Crippen LogP contribution in [0.1, 0.15) is 52.9 Å². The molecule has 0 N–H and O–H groups in total. The number of alkyl halides is 3. The van der Waals surface area contributed by atoms with E-state index < -0.39 is 12.6 Å². The average Bonchev–Trinajstić information content (AvgIpc) is 2.36. The lowest BCUT2D eigenvalue weighted by atomic mass is 9.84. The highest BCUT2D eigenvalue weighted by atomic mass is 19.4. The van der Waals surface area contributed by atoms with Crippen molar-refractivity contribution in [2.45, 2.75) is 59.1 Å². The number of hydrogen-bond donors (Lipinski definition) is 0. The smallest absolute Gasteiger partial charge is 0.289 e. The van der Waals surface area contributed by atoms with Gasteiger partial charge in [-0.1, -0.05) is 6.42 Å². The van der Waals surface area contributed by atoms with Crippen molar-refractivity contribution < 1.29 is 22.8 Å². The van der Waals surface area contributed by atoms with Gasteiger partial charge in [0, 0.05) is 28.7 Å². The van der Waals surface area contributed by atoms with E-state index in [1.165, 1.54) is 0 Å². The average molecular weight is 288 g/mol. The SMILES string of the molecule is CC1=C(C)C(=O)C(CCCCCC(F)(F)F)=C(C)C1=O. The molecule has 0 spiro atoms. The second-order valence-electron chi connectivity index (χ2n) is 5.19. The van der Waals surface area contributed by atoms with Gasteiger partial charge in [-0.05, 0) is 40.0 Å². The monoisotopic (exact) mass is 288 g/mol. The van der Waals surface area contributed by atoms with Gasteiger partial charge in [-0.2, -0.15) is 13.2 Å². The van der Waals surface area contributed by atoms with E-state index in [4.69, 9.17) is 0 Å². The Hall–Kier alpha value is -1.39. The van der Waals surface area contributed by atoms with Crippen molar-refractivity contribution in [3.63, 3.8) is 0 Å². The van der Waals surface area contributed by atoms with Gasteiger partial charge < -0.3 is 0 Å². The molecule has 0 radical (unpaired) electrons. The van der Waals surface area contributed by atoms with Crippen molar-refractivity contribution in [1.82, 2.24) is 0 Å². The number of carbonyl (C=O) groups is 2. The fourth-order valence-electron chi connectivity index (χ4n) is 2.26. The number of rotatable bonds is 5. The van der Waals surface area contributed by atoms with Gasteiger partial charge >= 0.3 is 6.18 Å². The lowest BCUT2D eigenvalue weighted by Gasteiger charge is -2.18. The third kappa shape index (κ3) is 4.05. The summed E-state index contributed by atoms with van der Waals surface area (Å²) < 4.78 is 36.0. The van der Waals surface area contributed by atoms with E-state index in [9.17, 15) is 22.8 Å². The molecule has 1 aliphatic carbocycles. The number of halogens is 3. The molecule has 5 heteroatoms. The quantitative estimate of drug-likeness (QED) is 0.558. The summed E-state index contributed by atoms with van der Waals surface area (Å²) in [6, 6.07) is 0. The van der Waals surface area contributed by atoms with Crippen LogP contribution in [0.2, 0.25) is 0 Å². The molecular formula is C15H19F3O2. The number of unbranched alkanes of at least 4 members (excludes halogenated alkanes) is 2. The summed E-state index contributed by atoms with van der Waals surface area (Å²) in [6.45, 7) is 4.85. The summed E-state index contributed by atoms with van der Waals surface area (Å²) in [5, 5.41) is 0. The Morgan fingerprint density at radius 2 is 1.35 bits per heavy atom. The summed E-state index contributed by atoms with van der Waals surface area (Å²) in [7, 11) is 0. The Bertz CT molecular complexity index is 482. The molecule has 1 aliphatic rings. The fourth-order valence-corrected chi connectivity index (χ4v) is 2.26. The summed E-state index contributed by atoms with van der Waals surface area (Å²) in [5.74, 6) is -0.275. The van der Waals surface area contributed by atoms with E-state index in [0.717, 1.165) is 0 Å². The zero-order valence-electron chi connectivity index (χ0n) is 12.0. The first-order valence-electron chi connectivity index (χ1n) is 6.68. The number of ketones is 2. The van der Waals surface area contributed by atoms with Crippen LogP contribution in [-0.2, 0) is 9.59 Å². The van der Waals surface area contributed by atoms with Gasteiger partial charge in [0.25, 0.3) is 0 Å². The maximum atomic E-state index is 12.1. The minimum Gasteiger partial charge on any atom is -0.289 e. The van der Waals surface area contributed by atoms with Crippen LogP contribution in [-0.4, -0.2) is 17.7 Å². The van der Waals surface area contributed by atoms with Crippen molar-refractivity contribution >= 4 is 11.6 Å². The van der Waals surface area contributed by atoms with Gasteiger partial charge in [0.15, 0.2) is 11.6 Å². The first-order chi connectivity index (χ1) is 9.15. The molecule has 0 saturated heterocycles. The second-order valence-corrected chi connectivity index (χ2v) is 5.19. The first kappa shape index (κ1) is 16.7. The normalized spacial score (nSPS) is 17.3. The molecule has 0 aromatic heterocycles. The van der Waals surface area contributed by atoms with Crippen LogP contribution in [0.3, 0.4) is 0 Å². The summed E-state index contributed by atoms with van der Waals surface area (Å²) in [6.07, 6.45) is -3.59. The molecule has 0 fully saturated rings. The van der Waals surface area contributed by atoms with E-state index in [1.807, 2.05) is 0 Å². The number of Topliss-reactive ketones (excluding diaryl/α,β-unsaturated/α-hetero) is 2. The maximum absolute atomic E-state index is 12.1. The molecule has 0 saturated carbocycles. The Kier molecular flexibility index (Phi) is 5.31. The van der Waals surface area contributed by atoms with Crippen molar-refractivity contribution in [2.24, 2.45) is 0 Å². The number of hydrogen-bond acceptors (Lipinski definition) is 2. The highest BCUT2D eigenvalue weighted by Crippen LogP contribution is 2.28. The molecule has 0 aliphatic heterocycles. The highest BCUT2D eigenvalue weighted by Gasteiger charge is 2.28. The van der Waals surface area contributed by atoms with Crippen LogP contribution in [0, 0.1) is 0 Å². The van der Waals surface area contributed by atoms with Crippen LogP contribution < -0.4 is 0 Å². The maximum Gasteiger partial charge on any atom is 0.389 e. The van der Waals surface area contributed by atoms with E-state index in [2.05, 4.69) is 0 Å². The molecular weight excluding hydrogens is 269 g/mol. The molecule has 0 heterocycles. The summed E-state index contributed by atoms with van der Waals surface area (Å²) in [4.78, 5) is 24.0. The molecule has 0 atom stereocenters. The van der Waals surface area contributed by atoms with Crippen LogP contribution in [0.4, 0.5) is 13.2 Å². The molecule has 2 nitrogen and oxygen atoms in total. The molecule has 112 valence electrons. The molecule has 0 aromatic carbocycles. The third-order valence-electron chi connectivity index (χ3n) is 3.70. The first-order valence-corrected chi connectivity index (χ1v) is 6.68. The number of carbonyl (C=O) groups excluding carboxylic acids is 2. The van der Waals surface area contributed by atoms with Crippen LogP contribution in [0.25, 0.3) is 0 Å². The molecule has 0 aromatic rings. The molecule has 0 amide bonds. The van der Waals surface area contributed by atoms with Crippen molar-refractivity contribution in [2.75, 3.05) is 0 Å². The topological polar surface area (TPSA) is 34.1 Å². The second kappa shape index (κ2) is 6.37. The number of allylic oxidation sites excluding steroid dienone is 4. The van der Waals surface area contributed by atoms with Gasteiger partial charge in [-0.25, -0.2) is 0 Å². The lowest BCUT2D eigenvalue weighted by molar-refractivity contribution is -0.135. The summed E-state index contributed by atoms with van der Waals surface area (Å²) in [5.41, 5.74) is 1.82. The van der Waals surface area contributed by atoms with Crippen molar-refractivity contribution in [1.29, 1.82) is 0 Å². The van der Waals surface area contributed by atoms with E-state index in [-0.39, 0.29) is 18.0 Å². The molecule has 1 rings (SSSR count). The minimum atomic E-state index is -4.12. The van der Waals surface area contributed by atoms with Crippen LogP contribution >= 0.6 is 0 Å². The Balaban J connectivity index is 2.56. The lowest BCUT2D eigenvalue weighted by Crippen LogP contribution is -2.20. The van der Waals surface area contributed by atoms with E-state index >= 15 is 0 Å². The van der Waals surface area contributed by atoms with E-state index in [0.29, 0.717) is 41.6 Å². The molecule has 0 bridgehead atoms. The Labute approximate surface area is 116 Å². The third-order valence-corrected chi connectivity index (χ3v) is 3.70. The highest BCUT2D eigenvalue weighted by molar-refractivity contribution is 6.24. The van der Waals surface area contributed by atoms with Gasteiger partial charge in [-0.3, -0.25) is 9.59 Å². The van der Waals surface area contributed by atoms with Crippen LogP contribution in [0.5, 0.6) is 0 Å². The van der Waals surface area contributed by atoms with Crippen LogP contribution in [0.15, 0.2) is 22.3 Å². The fraction of sp³-hybridized carbons (Fsp3) is 0.600. The minimum absolute atomic E-state index is 0.0613. The summed E-state index contributed by atoms with van der Waals surface area (Å²) >= 11 is 0. The van der Waals surface area contributed by atoms with Gasteiger partial charge in [0.05, 0.1) is 0 Å². The van der Waals surface area contributed by atoms with Gasteiger partial charge in [0.1, 0.15) is 0 Å². The van der Waals surface area contributed by atoms with Gasteiger partial charge in [0.2, 0.25) is 0 Å². The standard InChI is InChI=1S/C15H19F3O2/c1-9-10(2)14(20)12(11(3)13(9)19)7-5-4-6-8-15(16,17)18/h4-8H2,1-3H3. The molecule has 20 heavy (non-hydrogen) atoms. The Morgan fingerprint density at radius 1 is 0.800 bits per heavy atom. The zero-order chi connectivity index (χ0) is 15.5. The van der Waals surface area contributed by atoms with Crippen molar-refractivity contribution in [3.8, 4) is 0 Å². The Morgan fingerprint density at radius 3 is 1.90 bits per heavy atom. The van der Waals surface area contributed by atoms with E-state index in [1.54, 1.807) is 20.8 Å². The predicted octanol–water partition coefficient (Wildman–Crippen LogP) is 4.30.